The van der Waals surface area contributed by atoms with E-state index in [9.17, 15) is 87.8 Å². The molecule has 4 aliphatic carbocycles. The van der Waals surface area contributed by atoms with E-state index in [4.69, 9.17) is 0 Å². The van der Waals surface area contributed by atoms with Gasteiger partial charge in [0.2, 0.25) is 0 Å². The predicted molar refractivity (Wildman–Crippen MR) is 61.8 cm³/mol. The Bertz CT molecular complexity index is 858. The van der Waals surface area contributed by atoms with E-state index in [1.807, 2.05) is 0 Å². The van der Waals surface area contributed by atoms with Crippen LogP contribution in [0.25, 0.3) is 0 Å². The Morgan fingerprint density at radius 3 is 0.629 bits per heavy atom. The summed E-state index contributed by atoms with van der Waals surface area (Å²) >= 11 is -8.29. The van der Waals surface area contributed by atoms with Crippen LogP contribution in [-0.4, -0.2) is 59.2 Å². The number of fused-ring (bicyclic) bond motifs is 4. The Balaban J connectivity index is 2.18. The second-order valence-electron chi connectivity index (χ2n) is 8.89. The van der Waals surface area contributed by atoms with E-state index in [1.165, 1.54) is 0 Å². The Hall–Kier alpha value is -0.465. The van der Waals surface area contributed by atoms with Crippen molar-refractivity contribution in [3.63, 3.8) is 0 Å². The van der Waals surface area contributed by atoms with Gasteiger partial charge in [-0.2, -0.15) is 0 Å². The summed E-state index contributed by atoms with van der Waals surface area (Å²) < 4.78 is 271. The van der Waals surface area contributed by atoms with Crippen molar-refractivity contribution in [1.29, 1.82) is 0 Å². The SMILES string of the molecule is FC1(F)C2C(F)(F)C(F)(F)[C]([Hg][C]34C(F)(F)C(C(F)(F)C3(F)F)C(F)(F)C4(F)F)(C2(F)F)C1(F)F. The summed E-state index contributed by atoms with van der Waals surface area (Å²) in [5.74, 6) is -84.2. The zero-order chi connectivity index (χ0) is 27.9. The third-order valence-corrected chi connectivity index (χ3v) is 22.4. The average Bonchev–Trinajstić information content (AvgIpc) is 2.83. The second kappa shape index (κ2) is 5.76. The van der Waals surface area contributed by atoms with Gasteiger partial charge in [-0.1, -0.05) is 0 Å². The first-order valence-electron chi connectivity index (χ1n) is 8.72. The predicted octanol–water partition coefficient (Wildman–Crippen LogP) is 7.03. The Kier molecular flexibility index (Phi) is 4.53. The van der Waals surface area contributed by atoms with Crippen molar-refractivity contribution in [3.8, 4) is 0 Å². The van der Waals surface area contributed by atoms with Crippen LogP contribution in [0.1, 0.15) is 0 Å². The van der Waals surface area contributed by atoms with E-state index in [0.717, 1.165) is 0 Å². The van der Waals surface area contributed by atoms with Crippen molar-refractivity contribution in [3.05, 3.63) is 0 Å². The summed E-state index contributed by atoms with van der Waals surface area (Å²) in [4.78, 5) is 0. The molecular weight excluding hydrogens is 749 g/mol. The van der Waals surface area contributed by atoms with Crippen LogP contribution in [0.2, 0.25) is 5.85 Å². The summed E-state index contributed by atoms with van der Waals surface area (Å²) in [6.45, 7) is 0. The summed E-state index contributed by atoms with van der Waals surface area (Å²) in [7, 11) is 0. The van der Waals surface area contributed by atoms with Gasteiger partial charge < -0.3 is 0 Å². The minimum atomic E-state index is -8.29. The molecule has 0 heterocycles. The van der Waals surface area contributed by atoms with Crippen molar-refractivity contribution in [2.45, 2.75) is 65.1 Å². The molecule has 0 aliphatic heterocycles. The first-order chi connectivity index (χ1) is 14.9. The van der Waals surface area contributed by atoms with Gasteiger partial charge in [0.15, 0.2) is 0 Å². The molecule has 0 spiro atoms. The van der Waals surface area contributed by atoms with Crippen molar-refractivity contribution < 1.29 is 112 Å². The number of halogens is 20. The monoisotopic (exact) mass is 752 g/mol. The number of hydrogen-bond donors (Lipinski definition) is 0. The zero-order valence-corrected chi connectivity index (χ0v) is 20.9. The summed E-state index contributed by atoms with van der Waals surface area (Å²) in [5, 5.41) is 0. The fourth-order valence-corrected chi connectivity index (χ4v) is 19.7. The van der Waals surface area contributed by atoms with Crippen LogP contribution in [0.3, 0.4) is 0 Å². The molecule has 0 nitrogen and oxygen atoms in total. The van der Waals surface area contributed by atoms with E-state index in [0.29, 0.717) is 0 Å². The summed E-state index contributed by atoms with van der Waals surface area (Å²) in [6.07, 6.45) is 0. The van der Waals surface area contributed by atoms with Crippen molar-refractivity contribution >= 4 is 0 Å². The second-order valence-corrected chi connectivity index (χ2v) is 18.5. The Labute approximate surface area is 189 Å². The molecule has 4 rings (SSSR count). The first kappa shape index (κ1) is 27.6. The van der Waals surface area contributed by atoms with Crippen LogP contribution in [0, 0.1) is 11.8 Å². The summed E-state index contributed by atoms with van der Waals surface area (Å²) in [5.41, 5.74) is 0. The van der Waals surface area contributed by atoms with Crippen molar-refractivity contribution in [2.75, 3.05) is 0 Å². The maximum absolute atomic E-state index is 14.6. The molecule has 4 fully saturated rings. The van der Waals surface area contributed by atoms with E-state index in [1.54, 1.807) is 0 Å². The molecule has 4 bridgehead atoms. The first-order valence-corrected chi connectivity index (χ1v) is 14.2. The van der Waals surface area contributed by atoms with Gasteiger partial charge in [-0.05, 0) is 0 Å². The molecule has 0 N–H and O–H groups in total. The fourth-order valence-electron chi connectivity index (χ4n) is 6.03. The molecule has 0 unspecified atom stereocenters. The van der Waals surface area contributed by atoms with Gasteiger partial charge in [-0.25, -0.2) is 0 Å². The Morgan fingerprint density at radius 1 is 0.286 bits per heavy atom. The molecule has 35 heavy (non-hydrogen) atoms. The van der Waals surface area contributed by atoms with Crippen LogP contribution >= 0.6 is 0 Å². The molecule has 0 aromatic heterocycles. The number of rotatable bonds is 2. The van der Waals surface area contributed by atoms with Crippen LogP contribution in [0.5, 0.6) is 0 Å². The average molecular weight is 751 g/mol. The van der Waals surface area contributed by atoms with Crippen molar-refractivity contribution in [2.24, 2.45) is 11.8 Å². The minimum absolute atomic E-state index is 5.86. The number of alkyl halides is 20. The molecule has 0 radical (unpaired) electrons. The van der Waals surface area contributed by atoms with E-state index >= 15 is 0 Å². The molecule has 200 valence electrons. The molecule has 0 atom stereocenters. The summed E-state index contributed by atoms with van der Waals surface area (Å²) in [6, 6.07) is 0. The quantitative estimate of drug-likeness (QED) is 0.210. The Morgan fingerprint density at radius 2 is 0.457 bits per heavy atom. The van der Waals surface area contributed by atoms with Gasteiger partial charge in [0.05, 0.1) is 0 Å². The van der Waals surface area contributed by atoms with Crippen molar-refractivity contribution in [1.82, 2.24) is 0 Å². The molecule has 0 aromatic rings. The third-order valence-electron chi connectivity index (χ3n) is 7.66. The molecule has 21 heteroatoms. The number of hydrogen-bond acceptors (Lipinski definition) is 0. The van der Waals surface area contributed by atoms with E-state index < -0.39 is 101 Å². The van der Waals surface area contributed by atoms with Gasteiger partial charge >= 0.3 is 189 Å². The van der Waals surface area contributed by atoms with Gasteiger partial charge in [0.1, 0.15) is 0 Å². The third kappa shape index (κ3) is 1.93. The van der Waals surface area contributed by atoms with Gasteiger partial charge in [0.25, 0.3) is 0 Å². The topological polar surface area (TPSA) is 0 Å². The molecule has 0 amide bonds. The van der Waals surface area contributed by atoms with Crippen LogP contribution in [-0.2, 0) is 24.6 Å². The van der Waals surface area contributed by atoms with Gasteiger partial charge in [-0.3, -0.25) is 0 Å². The van der Waals surface area contributed by atoms with E-state index in [-0.39, 0.29) is 0 Å². The molecular formula is C14H2F20Hg. The molecule has 0 saturated heterocycles. The molecule has 4 aliphatic rings. The zero-order valence-electron chi connectivity index (χ0n) is 15.4. The van der Waals surface area contributed by atoms with E-state index in [2.05, 4.69) is 0 Å². The van der Waals surface area contributed by atoms with Crippen LogP contribution in [0.15, 0.2) is 0 Å². The van der Waals surface area contributed by atoms with Crippen LogP contribution in [0.4, 0.5) is 87.8 Å². The standard InChI is InChI=1S/2C7HF10.Hg/c2*8-3(9)1-4(10,11)6(14,15)2(3)7(16,17)5(1,12)13;/h2*1H;. The molecule has 4 saturated carbocycles. The normalized spacial score (nSPS) is 46.4. The maximum atomic E-state index is 14.6. The van der Waals surface area contributed by atoms with Crippen LogP contribution < -0.4 is 0 Å². The molecule has 0 aromatic carbocycles. The van der Waals surface area contributed by atoms with Gasteiger partial charge in [-0.15, -0.1) is 0 Å². The fraction of sp³-hybridized carbons (Fsp3) is 1.00. The van der Waals surface area contributed by atoms with Gasteiger partial charge in [0, 0.05) is 0 Å².